The normalized spacial score (nSPS) is 21.9. The van der Waals surface area contributed by atoms with Gasteiger partial charge in [-0.05, 0) is 108 Å². The average Bonchev–Trinajstić information content (AvgIpc) is 3.91. The maximum atomic E-state index is 13.2. The lowest BCUT2D eigenvalue weighted by Crippen LogP contribution is -2.49. The minimum atomic E-state index is -4.46. The van der Waals surface area contributed by atoms with Crippen molar-refractivity contribution in [1.82, 2.24) is 49.5 Å². The fourth-order valence-electron chi connectivity index (χ4n) is 9.24. The molecule has 6 aromatic rings. The van der Waals surface area contributed by atoms with Gasteiger partial charge < -0.3 is 25.0 Å². The number of hydrogen-bond acceptors (Lipinski definition) is 13. The number of rotatable bonds is 10. The molecule has 2 aliphatic heterocycles. The molecule has 4 bridgehead atoms. The molecule has 2 saturated carbocycles. The zero-order valence-corrected chi connectivity index (χ0v) is 40.7. The van der Waals surface area contributed by atoms with Gasteiger partial charge in [-0.15, -0.1) is 5.10 Å². The molecular formula is C43H42BrCl4F6N13O2. The molecule has 0 spiro atoms. The number of hydrogen-bond donors (Lipinski definition) is 1. The molecule has 4 unspecified atom stereocenters. The van der Waals surface area contributed by atoms with Crippen molar-refractivity contribution in [1.29, 1.82) is 0 Å². The summed E-state index contributed by atoms with van der Waals surface area (Å²) in [5.41, 5.74) is 6.17. The highest BCUT2D eigenvalue weighted by molar-refractivity contribution is 9.10. The number of halogens is 11. The largest absolute Gasteiger partial charge is 0.424 e. The summed E-state index contributed by atoms with van der Waals surface area (Å²) in [5, 5.41) is 9.44. The van der Waals surface area contributed by atoms with Crippen molar-refractivity contribution in [3.8, 4) is 23.5 Å². The number of ether oxygens (including phenoxy) is 2. The molecule has 26 heteroatoms. The van der Waals surface area contributed by atoms with Gasteiger partial charge in [0, 0.05) is 60.8 Å². The van der Waals surface area contributed by atoms with E-state index in [0.29, 0.717) is 72.7 Å². The van der Waals surface area contributed by atoms with Crippen molar-refractivity contribution in [2.24, 2.45) is 35.3 Å². The summed E-state index contributed by atoms with van der Waals surface area (Å²) in [6, 6.07) is 16.2. The summed E-state index contributed by atoms with van der Waals surface area (Å²) < 4.78 is 88.8. The lowest BCUT2D eigenvalue weighted by atomic mass is 9.82. The molecule has 10 rings (SSSR count). The first-order valence-corrected chi connectivity index (χ1v) is 23.9. The third-order valence-corrected chi connectivity index (χ3v) is 13.4. The van der Waals surface area contributed by atoms with Gasteiger partial charge in [-0.2, -0.15) is 41.4 Å². The molecule has 0 radical (unpaired) electrons. The van der Waals surface area contributed by atoms with Gasteiger partial charge in [-0.3, -0.25) is 0 Å². The van der Waals surface area contributed by atoms with Gasteiger partial charge in [0.05, 0.1) is 0 Å². The minimum Gasteiger partial charge on any atom is -0.424 e. The first-order valence-electron chi connectivity index (χ1n) is 21.6. The number of nitrogens with zero attached hydrogens (tertiary/aromatic N) is 12. The standard InChI is InChI=1S/C22H21Cl2F3N6O.C11H15ClN4.C10H6BrClF3N3O/c23-15-2-1-3-16(6-15)34-21-30-19(31-33(21)11-22(25,26)27)7-17-13-4-5-14(17)10-32(9-13)20-8-18(24)28-12-29-20;12-9-3-10(15-6-14-9)16-4-7-1-2-8(5-16)11(7)13;11-8-16-9(18(17-8)5-10(13,14)15)19-7-3-1-2-6(12)4-7/h1-3,6,8,12-14,17H,4-5,7,9-11H2;3,6-8,11H,1-2,4-5,13H2;1-4H,5H2. The Labute approximate surface area is 419 Å². The molecular weight excluding hydrogens is 1070 g/mol. The van der Waals surface area contributed by atoms with Crippen molar-refractivity contribution in [3.05, 3.63) is 104 Å². The number of piperidine rings is 2. The van der Waals surface area contributed by atoms with Crippen LogP contribution >= 0.6 is 62.3 Å². The van der Waals surface area contributed by atoms with Gasteiger partial charge >= 0.3 is 24.4 Å². The third-order valence-electron chi connectivity index (χ3n) is 12.2. The highest BCUT2D eigenvalue weighted by Gasteiger charge is 2.44. The SMILES string of the molecule is FC(F)(F)Cn1nc(Br)nc1Oc1cccc(Cl)c1.FC(F)(F)Cn1nc(CC2C3CCC2CN(c2cc(Cl)ncn2)C3)nc1Oc1cccc(Cl)c1.NC1C2CCC1CN(c1cc(Cl)ncn1)C2. The zero-order valence-electron chi connectivity index (χ0n) is 36.1. The van der Waals surface area contributed by atoms with E-state index in [0.717, 1.165) is 55.3 Å². The molecule has 2 aliphatic carbocycles. The van der Waals surface area contributed by atoms with Gasteiger partial charge in [0.25, 0.3) is 0 Å². The molecule has 0 amide bonds. The molecule has 4 aliphatic rings. The predicted octanol–water partition coefficient (Wildman–Crippen LogP) is 10.8. The Morgan fingerprint density at radius 1 is 0.609 bits per heavy atom. The van der Waals surface area contributed by atoms with Crippen LogP contribution in [0.25, 0.3) is 0 Å². The lowest BCUT2D eigenvalue weighted by molar-refractivity contribution is -0.144. The number of anilines is 2. The molecule has 4 atom stereocenters. The van der Waals surface area contributed by atoms with E-state index in [4.69, 9.17) is 61.6 Å². The monoisotopic (exact) mass is 1110 g/mol. The van der Waals surface area contributed by atoms with Crippen LogP contribution in [-0.4, -0.2) is 94.0 Å². The summed E-state index contributed by atoms with van der Waals surface area (Å²) in [6.45, 7) is 1.03. The van der Waals surface area contributed by atoms with Crippen LogP contribution in [0.3, 0.4) is 0 Å². The molecule has 2 N–H and O–H groups in total. The molecule has 15 nitrogen and oxygen atoms in total. The maximum Gasteiger partial charge on any atom is 0.408 e. The van der Waals surface area contributed by atoms with Crippen LogP contribution in [0.5, 0.6) is 23.5 Å². The van der Waals surface area contributed by atoms with Gasteiger partial charge in [0.15, 0.2) is 5.82 Å². The van der Waals surface area contributed by atoms with Crippen LogP contribution in [-0.2, 0) is 19.5 Å². The Bertz CT molecular complexity index is 2670. The van der Waals surface area contributed by atoms with E-state index >= 15 is 0 Å². The number of alkyl halides is 6. The summed E-state index contributed by atoms with van der Waals surface area (Å²) in [6.07, 6.45) is -0.828. The summed E-state index contributed by atoms with van der Waals surface area (Å²) in [5.74, 6) is 4.88. The summed E-state index contributed by atoms with van der Waals surface area (Å²) in [7, 11) is 0. The molecule has 2 saturated heterocycles. The number of nitrogens with two attached hydrogens (primary N) is 1. The quantitative estimate of drug-likeness (QED) is 0.102. The van der Waals surface area contributed by atoms with Crippen LogP contribution in [0.2, 0.25) is 20.4 Å². The lowest BCUT2D eigenvalue weighted by Gasteiger charge is -2.38. The van der Waals surface area contributed by atoms with Crippen molar-refractivity contribution in [2.75, 3.05) is 36.0 Å². The molecule has 4 aromatic heterocycles. The zero-order chi connectivity index (χ0) is 49.0. The second-order valence-corrected chi connectivity index (χ2v) is 19.3. The Morgan fingerprint density at radius 2 is 1.06 bits per heavy atom. The van der Waals surface area contributed by atoms with E-state index in [9.17, 15) is 26.3 Å². The van der Waals surface area contributed by atoms with E-state index in [1.54, 1.807) is 42.5 Å². The first kappa shape index (κ1) is 50.6. The van der Waals surface area contributed by atoms with Crippen LogP contribution in [0, 0.1) is 29.6 Å². The molecule has 368 valence electrons. The predicted molar refractivity (Wildman–Crippen MR) is 249 cm³/mol. The molecule has 2 aromatic carbocycles. The fourth-order valence-corrected chi connectivity index (χ4v) is 10.2. The molecule has 69 heavy (non-hydrogen) atoms. The van der Waals surface area contributed by atoms with Crippen LogP contribution in [0.4, 0.5) is 38.0 Å². The van der Waals surface area contributed by atoms with Crippen molar-refractivity contribution in [3.63, 3.8) is 0 Å². The van der Waals surface area contributed by atoms with Gasteiger partial charge in [0.1, 0.15) is 59.2 Å². The Hall–Kier alpha value is -4.74. The number of aromatic nitrogens is 10. The highest BCUT2D eigenvalue weighted by Crippen LogP contribution is 2.45. The fraction of sp³-hybridized carbons (Fsp3) is 0.442. The topological polar surface area (TPSA) is 164 Å². The molecule has 6 heterocycles. The minimum absolute atomic E-state index is 0.00813. The Morgan fingerprint density at radius 3 is 1.52 bits per heavy atom. The van der Waals surface area contributed by atoms with Crippen molar-refractivity contribution in [2.45, 2.75) is 63.6 Å². The Balaban J connectivity index is 0.000000154. The van der Waals surface area contributed by atoms with Crippen molar-refractivity contribution >= 4 is 74.0 Å². The van der Waals surface area contributed by atoms with Crippen LogP contribution < -0.4 is 25.0 Å². The van der Waals surface area contributed by atoms with Gasteiger partial charge in [0.2, 0.25) is 4.73 Å². The summed E-state index contributed by atoms with van der Waals surface area (Å²) >= 11 is 26.5. The summed E-state index contributed by atoms with van der Waals surface area (Å²) in [4.78, 5) is 29.0. The average molecular weight is 1110 g/mol. The van der Waals surface area contributed by atoms with Gasteiger partial charge in [-0.25, -0.2) is 29.3 Å². The first-order chi connectivity index (χ1) is 32.8. The second-order valence-electron chi connectivity index (χ2n) is 17.0. The van der Waals surface area contributed by atoms with E-state index < -0.39 is 25.4 Å². The van der Waals surface area contributed by atoms with Crippen molar-refractivity contribution < 1.29 is 35.8 Å². The number of fused-ring (bicyclic) bond motifs is 4. The van der Waals surface area contributed by atoms with Crippen LogP contribution in [0.1, 0.15) is 31.5 Å². The third kappa shape index (κ3) is 13.8. The molecule has 4 fully saturated rings. The smallest absolute Gasteiger partial charge is 0.408 e. The van der Waals surface area contributed by atoms with E-state index in [-0.39, 0.29) is 28.4 Å². The second kappa shape index (κ2) is 21.7. The maximum absolute atomic E-state index is 13.2. The van der Waals surface area contributed by atoms with E-state index in [2.05, 4.69) is 65.8 Å². The van der Waals surface area contributed by atoms with Crippen LogP contribution in [0.15, 0.2) is 78.1 Å². The Kier molecular flexibility index (Phi) is 15.9. The van der Waals surface area contributed by atoms with Gasteiger partial charge in [-0.1, -0.05) is 58.5 Å². The van der Waals surface area contributed by atoms with E-state index in [1.165, 1.54) is 37.6 Å². The number of benzene rings is 2. The van der Waals surface area contributed by atoms with E-state index in [1.807, 2.05) is 6.07 Å². The highest BCUT2D eigenvalue weighted by atomic mass is 79.9.